The molecule has 1 N–H and O–H groups in total. The number of fused-ring (bicyclic) bond motifs is 1. The van der Waals surface area contributed by atoms with E-state index in [1.54, 1.807) is 0 Å². The molecule has 0 bridgehead atoms. The Hall–Kier alpha value is -1.05. The number of ketones is 1. The second-order valence-corrected chi connectivity index (χ2v) is 4.07. The maximum absolute atomic E-state index is 11.4. The van der Waals surface area contributed by atoms with Crippen molar-refractivity contribution in [2.75, 3.05) is 0 Å². The average molecular weight is 163 g/mol. The lowest BCUT2D eigenvalue weighted by Crippen LogP contribution is -2.26. The quantitative estimate of drug-likeness (QED) is 0.625. The van der Waals surface area contributed by atoms with Crippen LogP contribution in [0.4, 0.5) is 0 Å². The molecule has 64 valence electrons. The van der Waals surface area contributed by atoms with Crippen LogP contribution in [0.2, 0.25) is 0 Å². The SMILES string of the molecule is CC1(C)CCC(=O)c2[nH]ccc21. The summed E-state index contributed by atoms with van der Waals surface area (Å²) in [7, 11) is 0. The van der Waals surface area contributed by atoms with E-state index in [0.717, 1.165) is 12.1 Å². The average Bonchev–Trinajstić information content (AvgIpc) is 2.46. The number of Topliss-reactive ketones (excluding diaryl/α,β-unsaturated/α-hetero) is 1. The van der Waals surface area contributed by atoms with Crippen LogP contribution in [0.25, 0.3) is 0 Å². The molecule has 2 nitrogen and oxygen atoms in total. The molecule has 0 saturated carbocycles. The van der Waals surface area contributed by atoms with Crippen molar-refractivity contribution >= 4 is 5.78 Å². The molecule has 0 unspecified atom stereocenters. The van der Waals surface area contributed by atoms with Gasteiger partial charge in [-0.2, -0.15) is 0 Å². The second kappa shape index (κ2) is 2.22. The zero-order valence-electron chi connectivity index (χ0n) is 7.48. The molecular weight excluding hydrogens is 150 g/mol. The fraction of sp³-hybridized carbons (Fsp3) is 0.500. The molecule has 0 fully saturated rings. The van der Waals surface area contributed by atoms with E-state index < -0.39 is 0 Å². The van der Waals surface area contributed by atoms with E-state index in [9.17, 15) is 4.79 Å². The lowest BCUT2D eigenvalue weighted by atomic mass is 9.75. The number of hydrogen-bond acceptors (Lipinski definition) is 1. The van der Waals surface area contributed by atoms with Gasteiger partial charge in [0.15, 0.2) is 5.78 Å². The molecule has 12 heavy (non-hydrogen) atoms. The van der Waals surface area contributed by atoms with Crippen LogP contribution in [0.3, 0.4) is 0 Å². The number of carbonyl (C=O) groups excluding carboxylic acids is 1. The van der Waals surface area contributed by atoms with Gasteiger partial charge in [-0.15, -0.1) is 0 Å². The van der Waals surface area contributed by atoms with Gasteiger partial charge in [0.2, 0.25) is 0 Å². The zero-order chi connectivity index (χ0) is 8.77. The Morgan fingerprint density at radius 2 is 2.25 bits per heavy atom. The Bertz CT molecular complexity index is 322. The number of aromatic amines is 1. The maximum atomic E-state index is 11.4. The number of H-pyrrole nitrogens is 1. The van der Waals surface area contributed by atoms with Gasteiger partial charge in [-0.05, 0) is 23.5 Å². The maximum Gasteiger partial charge on any atom is 0.179 e. The van der Waals surface area contributed by atoms with E-state index in [0.29, 0.717) is 6.42 Å². The summed E-state index contributed by atoms with van der Waals surface area (Å²) >= 11 is 0. The fourth-order valence-electron chi connectivity index (χ4n) is 1.85. The molecule has 1 aliphatic carbocycles. The van der Waals surface area contributed by atoms with E-state index in [1.165, 1.54) is 5.56 Å². The van der Waals surface area contributed by atoms with E-state index in [1.807, 2.05) is 12.3 Å². The van der Waals surface area contributed by atoms with Crippen LogP contribution in [0, 0.1) is 0 Å². The highest BCUT2D eigenvalue weighted by molar-refractivity contribution is 5.97. The highest BCUT2D eigenvalue weighted by atomic mass is 16.1. The van der Waals surface area contributed by atoms with Crippen LogP contribution in [-0.4, -0.2) is 10.8 Å². The highest BCUT2D eigenvalue weighted by Gasteiger charge is 2.32. The predicted molar refractivity (Wildman–Crippen MR) is 47.4 cm³/mol. The third-order valence-corrected chi connectivity index (χ3v) is 2.73. The van der Waals surface area contributed by atoms with Crippen LogP contribution in [0.5, 0.6) is 0 Å². The highest BCUT2D eigenvalue weighted by Crippen LogP contribution is 2.35. The lowest BCUT2D eigenvalue weighted by molar-refractivity contribution is 0.0952. The topological polar surface area (TPSA) is 32.9 Å². The monoisotopic (exact) mass is 163 g/mol. The normalized spacial score (nSPS) is 20.7. The van der Waals surface area contributed by atoms with Crippen LogP contribution < -0.4 is 0 Å². The smallest absolute Gasteiger partial charge is 0.179 e. The van der Waals surface area contributed by atoms with Crippen molar-refractivity contribution in [3.05, 3.63) is 23.5 Å². The third-order valence-electron chi connectivity index (χ3n) is 2.73. The van der Waals surface area contributed by atoms with Gasteiger partial charge in [0, 0.05) is 12.6 Å². The standard InChI is InChI=1S/C10H13NO/c1-10(2)5-3-8(12)9-7(10)4-6-11-9/h4,6,11H,3,5H2,1-2H3. The van der Waals surface area contributed by atoms with Gasteiger partial charge in [-0.1, -0.05) is 13.8 Å². The molecule has 1 heterocycles. The first-order valence-electron chi connectivity index (χ1n) is 4.32. The summed E-state index contributed by atoms with van der Waals surface area (Å²) in [5, 5.41) is 0. The molecule has 0 atom stereocenters. The summed E-state index contributed by atoms with van der Waals surface area (Å²) in [4.78, 5) is 14.4. The van der Waals surface area contributed by atoms with Crippen molar-refractivity contribution in [3.8, 4) is 0 Å². The third kappa shape index (κ3) is 0.909. The van der Waals surface area contributed by atoms with Crippen molar-refractivity contribution in [3.63, 3.8) is 0 Å². The molecule has 0 spiro atoms. The largest absolute Gasteiger partial charge is 0.359 e. The van der Waals surface area contributed by atoms with Gasteiger partial charge in [0.1, 0.15) is 0 Å². The molecule has 1 aromatic heterocycles. The summed E-state index contributed by atoms with van der Waals surface area (Å²) in [5.74, 6) is 0.259. The molecular formula is C10H13NO. The summed E-state index contributed by atoms with van der Waals surface area (Å²) in [6, 6.07) is 2.02. The summed E-state index contributed by atoms with van der Waals surface area (Å²) in [5.41, 5.74) is 2.17. The van der Waals surface area contributed by atoms with Gasteiger partial charge in [-0.3, -0.25) is 4.79 Å². The minimum absolute atomic E-state index is 0.170. The van der Waals surface area contributed by atoms with Gasteiger partial charge < -0.3 is 4.98 Å². The van der Waals surface area contributed by atoms with Crippen molar-refractivity contribution in [1.82, 2.24) is 4.98 Å². The predicted octanol–water partition coefficient (Wildman–Crippen LogP) is 2.27. The fourth-order valence-corrected chi connectivity index (χ4v) is 1.85. The van der Waals surface area contributed by atoms with Crippen LogP contribution in [0.15, 0.2) is 12.3 Å². The molecule has 0 aliphatic heterocycles. The first kappa shape index (κ1) is 7.59. The molecule has 1 aliphatic rings. The van der Waals surface area contributed by atoms with Crippen molar-refractivity contribution in [1.29, 1.82) is 0 Å². The van der Waals surface area contributed by atoms with Gasteiger partial charge in [0.25, 0.3) is 0 Å². The van der Waals surface area contributed by atoms with Gasteiger partial charge in [-0.25, -0.2) is 0 Å². The molecule has 2 rings (SSSR count). The number of rotatable bonds is 0. The van der Waals surface area contributed by atoms with Gasteiger partial charge in [0.05, 0.1) is 5.69 Å². The Kier molecular flexibility index (Phi) is 1.40. The first-order chi connectivity index (χ1) is 5.61. The Morgan fingerprint density at radius 1 is 1.50 bits per heavy atom. The van der Waals surface area contributed by atoms with Crippen molar-refractivity contribution in [2.45, 2.75) is 32.1 Å². The van der Waals surface area contributed by atoms with E-state index in [2.05, 4.69) is 18.8 Å². The minimum atomic E-state index is 0.170. The van der Waals surface area contributed by atoms with Crippen LogP contribution >= 0.6 is 0 Å². The van der Waals surface area contributed by atoms with Crippen LogP contribution in [-0.2, 0) is 5.41 Å². The summed E-state index contributed by atoms with van der Waals surface area (Å²) in [6.07, 6.45) is 3.51. The number of aromatic nitrogens is 1. The molecule has 0 amide bonds. The molecule has 2 heteroatoms. The molecule has 0 radical (unpaired) electrons. The molecule has 0 aromatic carbocycles. The number of carbonyl (C=O) groups is 1. The Labute approximate surface area is 72.0 Å². The van der Waals surface area contributed by atoms with Crippen LogP contribution in [0.1, 0.15) is 42.7 Å². The van der Waals surface area contributed by atoms with E-state index in [-0.39, 0.29) is 11.2 Å². The molecule has 0 saturated heterocycles. The second-order valence-electron chi connectivity index (χ2n) is 4.07. The summed E-state index contributed by atoms with van der Waals surface area (Å²) in [6.45, 7) is 4.37. The number of hydrogen-bond donors (Lipinski definition) is 1. The zero-order valence-corrected chi connectivity index (χ0v) is 7.48. The lowest BCUT2D eigenvalue weighted by Gasteiger charge is -2.28. The minimum Gasteiger partial charge on any atom is -0.359 e. The summed E-state index contributed by atoms with van der Waals surface area (Å²) < 4.78 is 0. The Morgan fingerprint density at radius 3 is 2.92 bits per heavy atom. The van der Waals surface area contributed by atoms with E-state index >= 15 is 0 Å². The molecule has 1 aromatic rings. The Balaban J connectivity index is 2.57. The van der Waals surface area contributed by atoms with Gasteiger partial charge >= 0.3 is 0 Å². The van der Waals surface area contributed by atoms with Crippen molar-refractivity contribution < 1.29 is 4.79 Å². The number of nitrogens with one attached hydrogen (secondary N) is 1. The van der Waals surface area contributed by atoms with E-state index in [4.69, 9.17) is 0 Å². The van der Waals surface area contributed by atoms with Crippen molar-refractivity contribution in [2.24, 2.45) is 0 Å². The first-order valence-corrected chi connectivity index (χ1v) is 4.32.